The maximum absolute atomic E-state index is 10.1. The predicted octanol–water partition coefficient (Wildman–Crippen LogP) is 3.80. The molecule has 16 heavy (non-hydrogen) atoms. The van der Waals surface area contributed by atoms with Gasteiger partial charge in [-0.25, -0.2) is 0 Å². The molecule has 96 valence electrons. The van der Waals surface area contributed by atoms with E-state index < -0.39 is 12.2 Å². The first-order valence-electron chi connectivity index (χ1n) is 5.30. The van der Waals surface area contributed by atoms with E-state index in [-0.39, 0.29) is 10.8 Å². The molecule has 2 N–H and O–H groups in total. The van der Waals surface area contributed by atoms with Gasteiger partial charge >= 0.3 is 0 Å². The maximum atomic E-state index is 10.1. The number of hydrogen-bond donors (Lipinski definition) is 2. The van der Waals surface area contributed by atoms with Crippen LogP contribution in [-0.2, 0) is 0 Å². The fourth-order valence-corrected chi connectivity index (χ4v) is 2.83. The summed E-state index contributed by atoms with van der Waals surface area (Å²) in [5.74, 6) is 0. The van der Waals surface area contributed by atoms with E-state index in [1.165, 1.54) is 0 Å². The average Bonchev–Trinajstić information content (AvgIpc) is 2.10. The van der Waals surface area contributed by atoms with Crippen LogP contribution in [0.25, 0.3) is 0 Å². The second-order valence-electron chi connectivity index (χ2n) is 6.23. The molecule has 0 aromatic rings. The van der Waals surface area contributed by atoms with Crippen LogP contribution in [-0.4, -0.2) is 22.4 Å². The number of aliphatic hydroxyl groups is 2. The Morgan fingerprint density at radius 1 is 0.750 bits per heavy atom. The van der Waals surface area contributed by atoms with Crippen molar-refractivity contribution < 1.29 is 10.2 Å². The van der Waals surface area contributed by atoms with Crippen molar-refractivity contribution in [2.24, 2.45) is 10.8 Å². The van der Waals surface area contributed by atoms with Crippen LogP contribution < -0.4 is 0 Å². The van der Waals surface area contributed by atoms with Crippen molar-refractivity contribution in [3.05, 3.63) is 8.96 Å². The standard InChI is InChI=1S/C12H22Br2O2/c1-11(2,3)9(15)7(13)8(14)10(16)12(4,5)6/h9-10,15-16H,1-6H3/b8-7+/t9-,10-/m1/s1. The van der Waals surface area contributed by atoms with Gasteiger partial charge in [0.2, 0.25) is 0 Å². The second kappa shape index (κ2) is 5.51. The van der Waals surface area contributed by atoms with Crippen LogP contribution >= 0.6 is 31.9 Å². The van der Waals surface area contributed by atoms with Crippen LogP contribution in [0.15, 0.2) is 8.96 Å². The number of halogens is 2. The zero-order chi connectivity index (χ0) is 13.3. The van der Waals surface area contributed by atoms with Crippen molar-refractivity contribution in [1.82, 2.24) is 0 Å². The fraction of sp³-hybridized carbons (Fsp3) is 0.833. The quantitative estimate of drug-likeness (QED) is 0.789. The van der Waals surface area contributed by atoms with E-state index in [1.54, 1.807) is 0 Å². The average molecular weight is 358 g/mol. The van der Waals surface area contributed by atoms with Crippen molar-refractivity contribution >= 4 is 31.9 Å². The molecule has 0 aliphatic rings. The minimum atomic E-state index is -0.640. The van der Waals surface area contributed by atoms with Gasteiger partial charge in [0.05, 0.1) is 12.2 Å². The molecular weight excluding hydrogens is 336 g/mol. The number of rotatable bonds is 2. The first-order valence-corrected chi connectivity index (χ1v) is 6.89. The molecule has 0 saturated heterocycles. The van der Waals surface area contributed by atoms with Crippen LogP contribution in [0.3, 0.4) is 0 Å². The minimum Gasteiger partial charge on any atom is -0.387 e. The molecule has 0 aliphatic heterocycles. The molecule has 0 amide bonds. The summed E-state index contributed by atoms with van der Waals surface area (Å²) in [5, 5.41) is 20.2. The lowest BCUT2D eigenvalue weighted by Crippen LogP contribution is -2.31. The molecule has 0 saturated carbocycles. The third kappa shape index (κ3) is 4.47. The number of aliphatic hydroxyl groups excluding tert-OH is 2. The van der Waals surface area contributed by atoms with E-state index in [0.29, 0.717) is 8.96 Å². The highest BCUT2D eigenvalue weighted by molar-refractivity contribution is 9.14. The highest BCUT2D eigenvalue weighted by atomic mass is 79.9. The molecule has 0 radical (unpaired) electrons. The van der Waals surface area contributed by atoms with Gasteiger partial charge in [-0.3, -0.25) is 0 Å². The molecule has 0 aliphatic carbocycles. The molecule has 0 fully saturated rings. The summed E-state index contributed by atoms with van der Waals surface area (Å²) in [6, 6.07) is 0. The van der Waals surface area contributed by atoms with Crippen molar-refractivity contribution in [2.75, 3.05) is 0 Å². The molecular formula is C12H22Br2O2. The lowest BCUT2D eigenvalue weighted by Gasteiger charge is -2.30. The Morgan fingerprint density at radius 3 is 1.06 bits per heavy atom. The molecule has 0 aromatic carbocycles. The van der Waals surface area contributed by atoms with E-state index >= 15 is 0 Å². The topological polar surface area (TPSA) is 40.5 Å². The van der Waals surface area contributed by atoms with E-state index in [4.69, 9.17) is 0 Å². The van der Waals surface area contributed by atoms with Gasteiger partial charge in [-0.1, -0.05) is 73.4 Å². The Kier molecular flexibility index (Phi) is 5.72. The molecule has 2 atom stereocenters. The van der Waals surface area contributed by atoms with Crippen molar-refractivity contribution in [3.63, 3.8) is 0 Å². The molecule has 0 aromatic heterocycles. The third-order valence-corrected chi connectivity index (χ3v) is 4.60. The van der Waals surface area contributed by atoms with Gasteiger partial charge < -0.3 is 10.2 Å². The van der Waals surface area contributed by atoms with Crippen molar-refractivity contribution in [2.45, 2.75) is 53.8 Å². The van der Waals surface area contributed by atoms with E-state index in [0.717, 1.165) is 0 Å². The highest BCUT2D eigenvalue weighted by Gasteiger charge is 2.31. The van der Waals surface area contributed by atoms with Crippen LogP contribution in [0.2, 0.25) is 0 Å². The SMILES string of the molecule is CC(C)(C)[C@H](O)/C(Br)=C(\Br)[C@@H](O)C(C)(C)C. The smallest absolute Gasteiger partial charge is 0.0911 e. The lowest BCUT2D eigenvalue weighted by atomic mass is 9.85. The zero-order valence-corrected chi connectivity index (χ0v) is 14.0. The first kappa shape index (κ1) is 16.6. The normalized spacial score (nSPS) is 19.1. The van der Waals surface area contributed by atoms with E-state index in [9.17, 15) is 10.2 Å². The zero-order valence-electron chi connectivity index (χ0n) is 10.8. The molecule has 0 rings (SSSR count). The Labute approximate surface area is 115 Å². The van der Waals surface area contributed by atoms with E-state index in [1.807, 2.05) is 41.5 Å². The first-order chi connectivity index (χ1) is 6.89. The Hall–Kier alpha value is 0.620. The summed E-state index contributed by atoms with van der Waals surface area (Å²) >= 11 is 6.72. The van der Waals surface area contributed by atoms with Gasteiger partial charge in [0, 0.05) is 8.96 Å². The summed E-state index contributed by atoms with van der Waals surface area (Å²) in [4.78, 5) is 0. The molecule has 0 bridgehead atoms. The molecule has 4 heteroatoms. The summed E-state index contributed by atoms with van der Waals surface area (Å²) in [6.45, 7) is 11.7. The predicted molar refractivity (Wildman–Crippen MR) is 75.8 cm³/mol. The monoisotopic (exact) mass is 356 g/mol. The summed E-state index contributed by atoms with van der Waals surface area (Å²) in [7, 11) is 0. The van der Waals surface area contributed by atoms with Gasteiger partial charge in [0.15, 0.2) is 0 Å². The Bertz CT molecular complexity index is 244. The Balaban J connectivity index is 5.12. The van der Waals surface area contributed by atoms with Crippen LogP contribution in [0.1, 0.15) is 41.5 Å². The van der Waals surface area contributed by atoms with Crippen molar-refractivity contribution in [3.8, 4) is 0 Å². The van der Waals surface area contributed by atoms with Gasteiger partial charge in [0.25, 0.3) is 0 Å². The third-order valence-electron chi connectivity index (χ3n) is 2.35. The summed E-state index contributed by atoms with van der Waals surface area (Å²) < 4.78 is 1.23. The van der Waals surface area contributed by atoms with Crippen LogP contribution in [0.4, 0.5) is 0 Å². The van der Waals surface area contributed by atoms with Gasteiger partial charge in [-0.05, 0) is 10.8 Å². The van der Waals surface area contributed by atoms with Gasteiger partial charge in [-0.2, -0.15) is 0 Å². The number of hydrogen-bond acceptors (Lipinski definition) is 2. The van der Waals surface area contributed by atoms with Gasteiger partial charge in [-0.15, -0.1) is 0 Å². The second-order valence-corrected chi connectivity index (χ2v) is 7.94. The molecule has 0 spiro atoms. The summed E-state index contributed by atoms with van der Waals surface area (Å²) in [6.07, 6.45) is -1.28. The Morgan fingerprint density at radius 2 is 0.938 bits per heavy atom. The van der Waals surface area contributed by atoms with E-state index in [2.05, 4.69) is 31.9 Å². The lowest BCUT2D eigenvalue weighted by molar-refractivity contribution is 0.0872. The molecule has 0 heterocycles. The molecule has 2 nitrogen and oxygen atoms in total. The highest BCUT2D eigenvalue weighted by Crippen LogP contribution is 2.37. The maximum Gasteiger partial charge on any atom is 0.0911 e. The van der Waals surface area contributed by atoms with Crippen molar-refractivity contribution in [1.29, 1.82) is 0 Å². The van der Waals surface area contributed by atoms with Crippen LogP contribution in [0.5, 0.6) is 0 Å². The minimum absolute atomic E-state index is 0.268. The van der Waals surface area contributed by atoms with Crippen LogP contribution in [0, 0.1) is 10.8 Å². The molecule has 0 unspecified atom stereocenters. The van der Waals surface area contributed by atoms with Gasteiger partial charge in [0.1, 0.15) is 0 Å². The fourth-order valence-electron chi connectivity index (χ4n) is 1.02. The largest absolute Gasteiger partial charge is 0.387 e. The summed E-state index contributed by atoms with van der Waals surface area (Å²) in [5.41, 5.74) is -0.537.